The van der Waals surface area contributed by atoms with Crippen molar-refractivity contribution in [2.24, 2.45) is 0 Å². The van der Waals surface area contributed by atoms with Crippen LogP contribution in [-0.4, -0.2) is 12.1 Å². The molecule has 1 N–H and O–H groups in total. The highest BCUT2D eigenvalue weighted by atomic mass is 14.9. The molecule has 1 aromatic carbocycles. The largest absolute Gasteiger partial charge is 0.312 e. The molecule has 0 amide bonds. The molecule has 1 nitrogen and oxygen atoms in total. The highest BCUT2D eigenvalue weighted by molar-refractivity contribution is 5.25. The number of nitrogens with one attached hydrogen (secondary N) is 1. The molecule has 0 bridgehead atoms. The second-order valence-electron chi connectivity index (χ2n) is 5.48. The van der Waals surface area contributed by atoms with Gasteiger partial charge in [0.05, 0.1) is 0 Å². The molecule has 0 spiro atoms. The van der Waals surface area contributed by atoms with Gasteiger partial charge in [0.25, 0.3) is 0 Å². The van der Waals surface area contributed by atoms with Gasteiger partial charge in [0.2, 0.25) is 0 Å². The van der Waals surface area contributed by atoms with Crippen LogP contribution in [0.3, 0.4) is 0 Å². The van der Waals surface area contributed by atoms with Gasteiger partial charge in [-0.2, -0.15) is 0 Å². The Balaban J connectivity index is 2.56. The maximum atomic E-state index is 3.54. The van der Waals surface area contributed by atoms with Crippen molar-refractivity contribution in [1.82, 2.24) is 5.32 Å². The molecule has 1 aromatic rings. The van der Waals surface area contributed by atoms with Crippen molar-refractivity contribution < 1.29 is 0 Å². The fraction of sp³-hybridized carbons (Fsp3) is 0.625. The van der Waals surface area contributed by atoms with Crippen molar-refractivity contribution in [3.8, 4) is 0 Å². The Labute approximate surface area is 107 Å². The summed E-state index contributed by atoms with van der Waals surface area (Å²) in [6.07, 6.45) is 2.32. The molecular formula is C16H27N. The van der Waals surface area contributed by atoms with E-state index >= 15 is 0 Å². The molecule has 0 aromatic heterocycles. The zero-order chi connectivity index (χ0) is 12.8. The van der Waals surface area contributed by atoms with Crippen molar-refractivity contribution in [1.29, 1.82) is 0 Å². The number of rotatable bonds is 6. The van der Waals surface area contributed by atoms with Gasteiger partial charge in [-0.05, 0) is 36.8 Å². The Kier molecular flexibility index (Phi) is 5.70. The third kappa shape index (κ3) is 4.91. The van der Waals surface area contributed by atoms with Crippen LogP contribution in [0.2, 0.25) is 0 Å². The number of hydrogen-bond donors (Lipinski definition) is 1. The molecule has 0 heterocycles. The lowest BCUT2D eigenvalue weighted by Crippen LogP contribution is -2.33. The smallest absolute Gasteiger partial charge is 0.00815 e. The van der Waals surface area contributed by atoms with Gasteiger partial charge in [0.15, 0.2) is 0 Å². The third-order valence-corrected chi connectivity index (χ3v) is 3.32. The SMILES string of the molecule is CCC(C)c1ccc(CC(C)NC(C)C)cc1. The monoisotopic (exact) mass is 233 g/mol. The lowest BCUT2D eigenvalue weighted by Gasteiger charge is -2.17. The molecule has 17 heavy (non-hydrogen) atoms. The summed E-state index contributed by atoms with van der Waals surface area (Å²) in [6.45, 7) is 11.2. The first-order chi connectivity index (χ1) is 8.02. The highest BCUT2D eigenvalue weighted by Crippen LogP contribution is 2.19. The Bertz CT molecular complexity index is 313. The Morgan fingerprint density at radius 1 is 1.00 bits per heavy atom. The summed E-state index contributed by atoms with van der Waals surface area (Å²) >= 11 is 0. The van der Waals surface area contributed by atoms with Crippen LogP contribution in [0.25, 0.3) is 0 Å². The van der Waals surface area contributed by atoms with Gasteiger partial charge in [-0.3, -0.25) is 0 Å². The number of benzene rings is 1. The molecule has 0 aliphatic heterocycles. The zero-order valence-electron chi connectivity index (χ0n) is 12.0. The van der Waals surface area contributed by atoms with E-state index in [0.29, 0.717) is 18.0 Å². The molecule has 0 aliphatic rings. The summed E-state index contributed by atoms with van der Waals surface area (Å²) in [5.41, 5.74) is 2.89. The first kappa shape index (κ1) is 14.2. The van der Waals surface area contributed by atoms with E-state index in [2.05, 4.69) is 64.2 Å². The van der Waals surface area contributed by atoms with Gasteiger partial charge >= 0.3 is 0 Å². The van der Waals surface area contributed by atoms with E-state index in [-0.39, 0.29) is 0 Å². The molecule has 0 radical (unpaired) electrons. The standard InChI is InChI=1S/C16H27N/c1-6-13(4)16-9-7-15(8-10-16)11-14(5)17-12(2)3/h7-10,12-14,17H,6,11H2,1-5H3. The van der Waals surface area contributed by atoms with Crippen LogP contribution in [-0.2, 0) is 6.42 Å². The predicted molar refractivity (Wildman–Crippen MR) is 76.6 cm³/mol. The molecule has 96 valence electrons. The average molecular weight is 233 g/mol. The van der Waals surface area contributed by atoms with Crippen LogP contribution in [0.4, 0.5) is 0 Å². The highest BCUT2D eigenvalue weighted by Gasteiger charge is 2.06. The lowest BCUT2D eigenvalue weighted by molar-refractivity contribution is 0.487. The van der Waals surface area contributed by atoms with E-state index < -0.39 is 0 Å². The zero-order valence-corrected chi connectivity index (χ0v) is 12.0. The van der Waals surface area contributed by atoms with E-state index in [0.717, 1.165) is 6.42 Å². The molecule has 0 saturated carbocycles. The molecular weight excluding hydrogens is 206 g/mol. The molecule has 0 aliphatic carbocycles. The van der Waals surface area contributed by atoms with Crippen molar-refractivity contribution in [3.63, 3.8) is 0 Å². The van der Waals surface area contributed by atoms with Gasteiger partial charge in [-0.15, -0.1) is 0 Å². The molecule has 2 unspecified atom stereocenters. The summed E-state index contributed by atoms with van der Waals surface area (Å²) in [7, 11) is 0. The normalized spacial score (nSPS) is 14.9. The van der Waals surface area contributed by atoms with Crippen LogP contribution in [0.5, 0.6) is 0 Å². The summed E-state index contributed by atoms with van der Waals surface area (Å²) in [5, 5.41) is 3.54. The Morgan fingerprint density at radius 2 is 1.59 bits per heavy atom. The molecule has 0 fully saturated rings. The van der Waals surface area contributed by atoms with Crippen molar-refractivity contribution >= 4 is 0 Å². The quantitative estimate of drug-likeness (QED) is 0.779. The maximum Gasteiger partial charge on any atom is 0.00815 e. The van der Waals surface area contributed by atoms with Gasteiger partial charge < -0.3 is 5.32 Å². The first-order valence-corrected chi connectivity index (χ1v) is 6.87. The summed E-state index contributed by atoms with van der Waals surface area (Å²) in [6, 6.07) is 10.2. The maximum absolute atomic E-state index is 3.54. The van der Waals surface area contributed by atoms with Crippen molar-refractivity contribution in [3.05, 3.63) is 35.4 Å². The van der Waals surface area contributed by atoms with Crippen LogP contribution < -0.4 is 5.32 Å². The molecule has 1 rings (SSSR count). The minimum Gasteiger partial charge on any atom is -0.312 e. The van der Waals surface area contributed by atoms with E-state index in [1.54, 1.807) is 0 Å². The predicted octanol–water partition coefficient (Wildman–Crippen LogP) is 4.13. The van der Waals surface area contributed by atoms with Gasteiger partial charge in [0.1, 0.15) is 0 Å². The van der Waals surface area contributed by atoms with E-state index in [4.69, 9.17) is 0 Å². The third-order valence-electron chi connectivity index (χ3n) is 3.32. The second kappa shape index (κ2) is 6.80. The summed E-state index contributed by atoms with van der Waals surface area (Å²) in [4.78, 5) is 0. The van der Waals surface area contributed by atoms with E-state index in [1.807, 2.05) is 0 Å². The summed E-state index contributed by atoms with van der Waals surface area (Å²) in [5.74, 6) is 0.676. The van der Waals surface area contributed by atoms with Crippen LogP contribution in [0.15, 0.2) is 24.3 Å². The minimum absolute atomic E-state index is 0.546. The first-order valence-electron chi connectivity index (χ1n) is 6.87. The molecule has 1 heteroatoms. The fourth-order valence-electron chi connectivity index (χ4n) is 2.20. The van der Waals surface area contributed by atoms with Crippen molar-refractivity contribution in [2.75, 3.05) is 0 Å². The van der Waals surface area contributed by atoms with Crippen LogP contribution in [0.1, 0.15) is 58.1 Å². The molecule has 2 atom stereocenters. The number of hydrogen-bond acceptors (Lipinski definition) is 1. The van der Waals surface area contributed by atoms with E-state index in [9.17, 15) is 0 Å². The Morgan fingerprint density at radius 3 is 2.06 bits per heavy atom. The van der Waals surface area contributed by atoms with Gasteiger partial charge in [-0.1, -0.05) is 52.0 Å². The van der Waals surface area contributed by atoms with Crippen LogP contribution >= 0.6 is 0 Å². The Hall–Kier alpha value is -0.820. The van der Waals surface area contributed by atoms with Gasteiger partial charge in [0, 0.05) is 12.1 Å². The topological polar surface area (TPSA) is 12.0 Å². The van der Waals surface area contributed by atoms with Crippen LogP contribution in [0, 0.1) is 0 Å². The molecule has 0 saturated heterocycles. The van der Waals surface area contributed by atoms with E-state index in [1.165, 1.54) is 17.5 Å². The minimum atomic E-state index is 0.546. The second-order valence-corrected chi connectivity index (χ2v) is 5.48. The average Bonchev–Trinajstić information content (AvgIpc) is 2.28. The fourth-order valence-corrected chi connectivity index (χ4v) is 2.20. The van der Waals surface area contributed by atoms with Crippen molar-refractivity contribution in [2.45, 2.75) is 65.5 Å². The summed E-state index contributed by atoms with van der Waals surface area (Å²) < 4.78 is 0. The lowest BCUT2D eigenvalue weighted by atomic mass is 9.96. The van der Waals surface area contributed by atoms with Gasteiger partial charge in [-0.25, -0.2) is 0 Å².